The number of carbonyl (C=O) groups is 1. The molecule has 0 aliphatic carbocycles. The van der Waals surface area contributed by atoms with Crippen LogP contribution in [0.3, 0.4) is 0 Å². The molecule has 2 aromatic heterocycles. The van der Waals surface area contributed by atoms with Gasteiger partial charge in [0.25, 0.3) is 5.56 Å². The molecule has 3 aromatic rings. The molecule has 1 aromatic carbocycles. The molecule has 5 nitrogen and oxygen atoms in total. The lowest BCUT2D eigenvalue weighted by Crippen LogP contribution is -2.26. The summed E-state index contributed by atoms with van der Waals surface area (Å²) in [5.41, 5.74) is 0.995. The first-order valence-corrected chi connectivity index (χ1v) is 9.57. The summed E-state index contributed by atoms with van der Waals surface area (Å²) in [5.74, 6) is -0.480. The van der Waals surface area contributed by atoms with E-state index in [0.717, 1.165) is 0 Å². The molecule has 0 bridgehead atoms. The number of thiophene rings is 1. The predicted molar refractivity (Wildman–Crippen MR) is 98.5 cm³/mol. The Kier molecular flexibility index (Phi) is 5.50. The molecule has 3 rings (SSSR count). The number of benzene rings is 1. The summed E-state index contributed by atoms with van der Waals surface area (Å²) in [7, 11) is 0. The zero-order valence-electron chi connectivity index (χ0n) is 13.5. The van der Waals surface area contributed by atoms with Crippen molar-refractivity contribution >= 4 is 39.2 Å². The van der Waals surface area contributed by atoms with Gasteiger partial charge in [-0.3, -0.25) is 14.2 Å². The van der Waals surface area contributed by atoms with Crippen LogP contribution in [-0.4, -0.2) is 21.2 Å². The maximum Gasteiger partial charge on any atom is 0.272 e. The Hall–Kier alpha value is -2.19. The van der Waals surface area contributed by atoms with Gasteiger partial charge in [-0.15, -0.1) is 11.3 Å². The minimum atomic E-state index is -0.347. The van der Waals surface area contributed by atoms with Gasteiger partial charge >= 0.3 is 0 Å². The highest BCUT2D eigenvalue weighted by Crippen LogP contribution is 2.20. The summed E-state index contributed by atoms with van der Waals surface area (Å²) in [4.78, 5) is 28.9. The summed E-state index contributed by atoms with van der Waals surface area (Å²) < 4.78 is 15.7. The van der Waals surface area contributed by atoms with E-state index in [1.54, 1.807) is 28.8 Å². The first kappa shape index (κ1) is 17.6. The minimum absolute atomic E-state index is 0.0863. The maximum absolute atomic E-state index is 13.5. The van der Waals surface area contributed by atoms with Gasteiger partial charge in [0.05, 0.1) is 11.3 Å². The Balaban J connectivity index is 1.67. The SMILES string of the molecule is CCn1c(SCC(=O)NCc2ccccc2F)nc2ccsc2c1=O. The number of carbonyl (C=O) groups excluding carboxylic acids is 1. The lowest BCUT2D eigenvalue weighted by atomic mass is 10.2. The fourth-order valence-electron chi connectivity index (χ4n) is 2.33. The second-order valence-corrected chi connectivity index (χ2v) is 7.09. The van der Waals surface area contributed by atoms with Gasteiger partial charge in [-0.05, 0) is 24.4 Å². The zero-order chi connectivity index (χ0) is 17.8. The summed E-state index contributed by atoms with van der Waals surface area (Å²) in [5, 5.41) is 5.02. The van der Waals surface area contributed by atoms with Crippen molar-refractivity contribution in [3.05, 3.63) is 57.4 Å². The summed E-state index contributed by atoms with van der Waals surface area (Å²) in [6.45, 7) is 2.48. The van der Waals surface area contributed by atoms with Crippen molar-refractivity contribution in [3.8, 4) is 0 Å². The van der Waals surface area contributed by atoms with Crippen LogP contribution in [0, 0.1) is 5.82 Å². The van der Waals surface area contributed by atoms with E-state index >= 15 is 0 Å². The molecule has 1 N–H and O–H groups in total. The summed E-state index contributed by atoms with van der Waals surface area (Å²) >= 11 is 2.57. The Morgan fingerprint density at radius 2 is 2.16 bits per heavy atom. The maximum atomic E-state index is 13.5. The number of nitrogens with zero attached hydrogens (tertiary/aromatic N) is 2. The normalized spacial score (nSPS) is 11.0. The van der Waals surface area contributed by atoms with Gasteiger partial charge in [-0.1, -0.05) is 30.0 Å². The van der Waals surface area contributed by atoms with Gasteiger partial charge in [0.15, 0.2) is 5.16 Å². The van der Waals surface area contributed by atoms with E-state index in [1.165, 1.54) is 29.2 Å². The van der Waals surface area contributed by atoms with E-state index in [0.29, 0.717) is 27.5 Å². The molecule has 25 heavy (non-hydrogen) atoms. The predicted octanol–water partition coefficient (Wildman–Crippen LogP) is 3.03. The number of fused-ring (bicyclic) bond motifs is 1. The lowest BCUT2D eigenvalue weighted by Gasteiger charge is -2.10. The highest BCUT2D eigenvalue weighted by molar-refractivity contribution is 7.99. The molecule has 0 saturated heterocycles. The molecular weight excluding hydrogens is 361 g/mol. The summed E-state index contributed by atoms with van der Waals surface area (Å²) in [6.07, 6.45) is 0. The van der Waals surface area contributed by atoms with Crippen molar-refractivity contribution in [1.82, 2.24) is 14.9 Å². The number of hydrogen-bond donors (Lipinski definition) is 1. The topological polar surface area (TPSA) is 64.0 Å². The van der Waals surface area contributed by atoms with Crippen LogP contribution >= 0.6 is 23.1 Å². The van der Waals surface area contributed by atoms with E-state index in [1.807, 2.05) is 12.3 Å². The molecule has 130 valence electrons. The average molecular weight is 377 g/mol. The fourth-order valence-corrected chi connectivity index (χ4v) is 4.00. The third kappa shape index (κ3) is 3.91. The number of hydrogen-bond acceptors (Lipinski definition) is 5. The van der Waals surface area contributed by atoms with Crippen molar-refractivity contribution < 1.29 is 9.18 Å². The van der Waals surface area contributed by atoms with E-state index in [-0.39, 0.29) is 29.6 Å². The Labute approximate surface area is 151 Å². The standard InChI is InChI=1S/C17H16FN3O2S2/c1-2-21-16(23)15-13(7-8-24-15)20-17(21)25-10-14(22)19-9-11-5-3-4-6-12(11)18/h3-8H,2,9-10H2,1H3,(H,19,22). The molecule has 0 unspecified atom stereocenters. The number of aromatic nitrogens is 2. The number of rotatable bonds is 6. The minimum Gasteiger partial charge on any atom is -0.351 e. The fraction of sp³-hybridized carbons (Fsp3) is 0.235. The van der Waals surface area contributed by atoms with Crippen LogP contribution in [0.2, 0.25) is 0 Å². The van der Waals surface area contributed by atoms with Crippen LogP contribution in [0.25, 0.3) is 10.2 Å². The third-order valence-electron chi connectivity index (χ3n) is 3.61. The van der Waals surface area contributed by atoms with E-state index in [2.05, 4.69) is 10.3 Å². The van der Waals surface area contributed by atoms with Gasteiger partial charge in [0.2, 0.25) is 5.91 Å². The zero-order valence-corrected chi connectivity index (χ0v) is 15.1. The number of halogens is 1. The number of nitrogens with one attached hydrogen (secondary N) is 1. The van der Waals surface area contributed by atoms with E-state index in [4.69, 9.17) is 0 Å². The van der Waals surface area contributed by atoms with Crippen LogP contribution < -0.4 is 10.9 Å². The highest BCUT2D eigenvalue weighted by Gasteiger charge is 2.13. The highest BCUT2D eigenvalue weighted by atomic mass is 32.2. The largest absolute Gasteiger partial charge is 0.351 e. The monoisotopic (exact) mass is 377 g/mol. The first-order chi connectivity index (χ1) is 12.1. The Bertz CT molecular complexity index is 968. The van der Waals surface area contributed by atoms with Crippen molar-refractivity contribution in [3.63, 3.8) is 0 Å². The average Bonchev–Trinajstić information content (AvgIpc) is 3.08. The molecule has 0 spiro atoms. The molecule has 1 amide bonds. The number of thioether (sulfide) groups is 1. The molecule has 0 saturated carbocycles. The smallest absolute Gasteiger partial charge is 0.272 e. The van der Waals surface area contributed by atoms with Crippen molar-refractivity contribution in [1.29, 1.82) is 0 Å². The van der Waals surface area contributed by atoms with Gasteiger partial charge in [0, 0.05) is 18.7 Å². The van der Waals surface area contributed by atoms with Crippen LogP contribution in [0.15, 0.2) is 45.7 Å². The lowest BCUT2D eigenvalue weighted by molar-refractivity contribution is -0.118. The molecule has 0 radical (unpaired) electrons. The third-order valence-corrected chi connectivity index (χ3v) is 5.48. The van der Waals surface area contributed by atoms with Crippen LogP contribution in [0.4, 0.5) is 4.39 Å². The molecule has 2 heterocycles. The van der Waals surface area contributed by atoms with Crippen molar-refractivity contribution in [2.75, 3.05) is 5.75 Å². The van der Waals surface area contributed by atoms with Crippen molar-refractivity contribution in [2.45, 2.75) is 25.2 Å². The molecule has 0 aliphatic rings. The first-order valence-electron chi connectivity index (χ1n) is 7.71. The molecule has 0 aliphatic heterocycles. The Morgan fingerprint density at radius 3 is 2.92 bits per heavy atom. The molecular formula is C17H16FN3O2S2. The molecule has 8 heteroatoms. The number of amides is 1. The van der Waals surface area contributed by atoms with Gasteiger partial charge in [0.1, 0.15) is 10.5 Å². The van der Waals surface area contributed by atoms with Crippen LogP contribution in [0.1, 0.15) is 12.5 Å². The second-order valence-electron chi connectivity index (χ2n) is 5.24. The molecule has 0 fully saturated rings. The Morgan fingerprint density at radius 1 is 1.36 bits per heavy atom. The van der Waals surface area contributed by atoms with Gasteiger partial charge < -0.3 is 5.32 Å². The molecule has 0 atom stereocenters. The van der Waals surface area contributed by atoms with Crippen LogP contribution in [0.5, 0.6) is 0 Å². The summed E-state index contributed by atoms with van der Waals surface area (Å²) in [6, 6.07) is 8.11. The quantitative estimate of drug-likeness (QED) is 0.530. The van der Waals surface area contributed by atoms with Crippen molar-refractivity contribution in [2.24, 2.45) is 0 Å². The second kappa shape index (κ2) is 7.79. The van der Waals surface area contributed by atoms with Gasteiger partial charge in [-0.25, -0.2) is 9.37 Å². The van der Waals surface area contributed by atoms with E-state index in [9.17, 15) is 14.0 Å². The van der Waals surface area contributed by atoms with Crippen LogP contribution in [-0.2, 0) is 17.9 Å². The van der Waals surface area contributed by atoms with Gasteiger partial charge in [-0.2, -0.15) is 0 Å². The van der Waals surface area contributed by atoms with E-state index < -0.39 is 0 Å².